The van der Waals surface area contributed by atoms with Gasteiger partial charge in [-0.15, -0.1) is 0 Å². The molecule has 0 aliphatic carbocycles. The lowest BCUT2D eigenvalue weighted by atomic mass is 10.2. The summed E-state index contributed by atoms with van der Waals surface area (Å²) in [5.41, 5.74) is 0. The number of likely N-dealkylation sites (tertiary alicyclic amines) is 1. The van der Waals surface area contributed by atoms with E-state index < -0.39 is 12.0 Å². The van der Waals surface area contributed by atoms with Crippen molar-refractivity contribution in [2.24, 2.45) is 0 Å². The van der Waals surface area contributed by atoms with Crippen LogP contribution in [0.5, 0.6) is 0 Å². The largest absolute Gasteiger partial charge is 0.480 e. The second kappa shape index (κ2) is 7.96. The Balaban J connectivity index is 2.65. The smallest absolute Gasteiger partial charge is 0.326 e. The van der Waals surface area contributed by atoms with Crippen LogP contribution in [0.2, 0.25) is 0 Å². The number of methoxy groups -OCH3 is 2. The minimum Gasteiger partial charge on any atom is -0.480 e. The molecule has 1 N–H and O–H groups in total. The van der Waals surface area contributed by atoms with Gasteiger partial charge in [-0.3, -0.25) is 0 Å². The van der Waals surface area contributed by atoms with Crippen LogP contribution in [0.25, 0.3) is 0 Å². The number of carbonyl (C=O) groups is 2. The van der Waals surface area contributed by atoms with Crippen molar-refractivity contribution in [3.63, 3.8) is 0 Å². The fourth-order valence-electron chi connectivity index (χ4n) is 2.14. The van der Waals surface area contributed by atoms with E-state index in [1.54, 1.807) is 19.1 Å². The van der Waals surface area contributed by atoms with Crippen LogP contribution >= 0.6 is 0 Å². The van der Waals surface area contributed by atoms with Crippen LogP contribution in [-0.2, 0) is 14.3 Å². The molecule has 0 aromatic heterocycles. The molecule has 2 amide bonds. The van der Waals surface area contributed by atoms with Crippen LogP contribution in [-0.4, -0.2) is 80.0 Å². The predicted molar refractivity (Wildman–Crippen MR) is 68.1 cm³/mol. The first kappa shape index (κ1) is 15.7. The number of nitrogens with zero attached hydrogens (tertiary/aromatic N) is 2. The van der Waals surface area contributed by atoms with E-state index in [9.17, 15) is 9.59 Å². The standard InChI is InChI=1S/C12H22N2O5/c1-18-8-6-13(7-9-19-2)12(17)14-5-3-4-10(14)11(15)16/h10H,3-9H2,1-2H3,(H,15,16)/t10-/m1/s1. The van der Waals surface area contributed by atoms with Gasteiger partial charge in [0.1, 0.15) is 6.04 Å². The highest BCUT2D eigenvalue weighted by molar-refractivity contribution is 5.83. The first-order chi connectivity index (χ1) is 9.11. The van der Waals surface area contributed by atoms with Gasteiger partial charge in [-0.2, -0.15) is 0 Å². The third-order valence-electron chi connectivity index (χ3n) is 3.18. The first-order valence-electron chi connectivity index (χ1n) is 6.38. The minimum absolute atomic E-state index is 0.251. The average molecular weight is 274 g/mol. The molecule has 1 heterocycles. The summed E-state index contributed by atoms with van der Waals surface area (Å²) < 4.78 is 9.94. The molecule has 0 bridgehead atoms. The molecule has 0 aromatic carbocycles. The van der Waals surface area contributed by atoms with Gasteiger partial charge in [0.15, 0.2) is 0 Å². The molecule has 0 unspecified atom stereocenters. The highest BCUT2D eigenvalue weighted by atomic mass is 16.5. The highest BCUT2D eigenvalue weighted by Crippen LogP contribution is 2.19. The van der Waals surface area contributed by atoms with E-state index in [-0.39, 0.29) is 6.03 Å². The fraction of sp³-hybridized carbons (Fsp3) is 0.833. The summed E-state index contributed by atoms with van der Waals surface area (Å²) in [7, 11) is 3.13. The minimum atomic E-state index is -0.940. The number of carbonyl (C=O) groups excluding carboxylic acids is 1. The number of urea groups is 1. The van der Waals surface area contributed by atoms with Crippen LogP contribution in [0.1, 0.15) is 12.8 Å². The summed E-state index contributed by atoms with van der Waals surface area (Å²) in [6.07, 6.45) is 1.24. The molecular formula is C12H22N2O5. The molecular weight excluding hydrogens is 252 g/mol. The maximum atomic E-state index is 12.3. The van der Waals surface area contributed by atoms with Crippen molar-refractivity contribution in [1.82, 2.24) is 9.80 Å². The summed E-state index contributed by atoms with van der Waals surface area (Å²) in [4.78, 5) is 26.5. The Morgan fingerprint density at radius 1 is 1.26 bits per heavy atom. The van der Waals surface area contributed by atoms with Gasteiger partial charge in [0.05, 0.1) is 13.2 Å². The molecule has 1 rings (SSSR count). The molecule has 1 atom stereocenters. The molecule has 7 heteroatoms. The van der Waals surface area contributed by atoms with E-state index in [4.69, 9.17) is 14.6 Å². The zero-order valence-corrected chi connectivity index (χ0v) is 11.5. The van der Waals surface area contributed by atoms with Crippen molar-refractivity contribution in [2.75, 3.05) is 47.1 Å². The van der Waals surface area contributed by atoms with E-state index in [0.29, 0.717) is 39.3 Å². The molecule has 0 spiro atoms. The molecule has 0 aromatic rings. The van der Waals surface area contributed by atoms with Crippen molar-refractivity contribution < 1.29 is 24.2 Å². The van der Waals surface area contributed by atoms with E-state index in [2.05, 4.69) is 0 Å². The monoisotopic (exact) mass is 274 g/mol. The lowest BCUT2D eigenvalue weighted by molar-refractivity contribution is -0.141. The molecule has 0 saturated carbocycles. The number of aliphatic carboxylic acids is 1. The second-order valence-corrected chi connectivity index (χ2v) is 4.44. The van der Waals surface area contributed by atoms with Crippen LogP contribution in [0.15, 0.2) is 0 Å². The Morgan fingerprint density at radius 2 is 1.84 bits per heavy atom. The SMILES string of the molecule is COCCN(CCOC)C(=O)N1CCC[C@@H]1C(=O)O. The quantitative estimate of drug-likeness (QED) is 0.720. The van der Waals surface area contributed by atoms with Crippen molar-refractivity contribution in [3.05, 3.63) is 0 Å². The maximum Gasteiger partial charge on any atom is 0.326 e. The number of carboxylic acid groups (broad SMARTS) is 1. The van der Waals surface area contributed by atoms with Gasteiger partial charge < -0.3 is 24.4 Å². The van der Waals surface area contributed by atoms with Crippen molar-refractivity contribution >= 4 is 12.0 Å². The Kier molecular flexibility index (Phi) is 6.58. The molecule has 19 heavy (non-hydrogen) atoms. The van der Waals surface area contributed by atoms with Gasteiger partial charge in [0, 0.05) is 33.9 Å². The lowest BCUT2D eigenvalue weighted by Crippen LogP contribution is -2.49. The summed E-state index contributed by atoms with van der Waals surface area (Å²) in [5.74, 6) is -0.940. The van der Waals surface area contributed by atoms with Gasteiger partial charge in [0.25, 0.3) is 0 Å². The lowest BCUT2D eigenvalue weighted by Gasteiger charge is -2.30. The molecule has 1 fully saturated rings. The molecule has 1 saturated heterocycles. The van der Waals surface area contributed by atoms with Crippen molar-refractivity contribution in [1.29, 1.82) is 0 Å². The predicted octanol–water partition coefficient (Wildman–Crippen LogP) is 0.250. The number of amides is 2. The van der Waals surface area contributed by atoms with Gasteiger partial charge in [0.2, 0.25) is 0 Å². The van der Waals surface area contributed by atoms with Crippen LogP contribution < -0.4 is 0 Å². The zero-order valence-electron chi connectivity index (χ0n) is 11.5. The van der Waals surface area contributed by atoms with E-state index in [1.807, 2.05) is 0 Å². The number of rotatable bonds is 7. The molecule has 1 aliphatic heterocycles. The van der Waals surface area contributed by atoms with Crippen LogP contribution in [0, 0.1) is 0 Å². The Hall–Kier alpha value is -1.34. The number of ether oxygens (including phenoxy) is 2. The van der Waals surface area contributed by atoms with Gasteiger partial charge in [-0.05, 0) is 12.8 Å². The average Bonchev–Trinajstić information content (AvgIpc) is 2.87. The number of hydrogen-bond acceptors (Lipinski definition) is 4. The third-order valence-corrected chi connectivity index (χ3v) is 3.18. The van der Waals surface area contributed by atoms with Gasteiger partial charge in [-0.25, -0.2) is 9.59 Å². The Bertz CT molecular complexity index is 302. The summed E-state index contributed by atoms with van der Waals surface area (Å²) in [6, 6.07) is -0.959. The third kappa shape index (κ3) is 4.36. The fourth-order valence-corrected chi connectivity index (χ4v) is 2.14. The highest BCUT2D eigenvalue weighted by Gasteiger charge is 2.35. The van der Waals surface area contributed by atoms with E-state index in [1.165, 1.54) is 4.90 Å². The molecule has 0 radical (unpaired) electrons. The number of carboxylic acids is 1. The van der Waals surface area contributed by atoms with Gasteiger partial charge >= 0.3 is 12.0 Å². The number of hydrogen-bond donors (Lipinski definition) is 1. The van der Waals surface area contributed by atoms with Crippen molar-refractivity contribution in [3.8, 4) is 0 Å². The van der Waals surface area contributed by atoms with E-state index >= 15 is 0 Å². The maximum absolute atomic E-state index is 12.3. The Morgan fingerprint density at radius 3 is 2.32 bits per heavy atom. The van der Waals surface area contributed by atoms with Crippen LogP contribution in [0.4, 0.5) is 4.79 Å². The second-order valence-electron chi connectivity index (χ2n) is 4.44. The van der Waals surface area contributed by atoms with Gasteiger partial charge in [-0.1, -0.05) is 0 Å². The van der Waals surface area contributed by atoms with Crippen LogP contribution in [0.3, 0.4) is 0 Å². The van der Waals surface area contributed by atoms with Crippen molar-refractivity contribution in [2.45, 2.75) is 18.9 Å². The summed E-state index contributed by atoms with van der Waals surface area (Å²) in [6.45, 7) is 2.19. The molecule has 1 aliphatic rings. The molecule has 110 valence electrons. The normalized spacial score (nSPS) is 18.6. The topological polar surface area (TPSA) is 79.3 Å². The summed E-state index contributed by atoms with van der Waals surface area (Å²) >= 11 is 0. The van der Waals surface area contributed by atoms with E-state index in [0.717, 1.165) is 6.42 Å². The summed E-state index contributed by atoms with van der Waals surface area (Å²) in [5, 5.41) is 9.10. The Labute approximate surface area is 113 Å². The first-order valence-corrected chi connectivity index (χ1v) is 6.38. The zero-order chi connectivity index (χ0) is 14.3. The molecule has 7 nitrogen and oxygen atoms in total.